The normalized spacial score (nSPS) is 21.6. The average molecular weight is 544 g/mol. The summed E-state index contributed by atoms with van der Waals surface area (Å²) >= 11 is 0. The SMILES string of the molecule is C#CC1CCC(Cn2c(C(C)(O)c3ccccc3)nc3nc(C(=N)NC(=O)O)nc(N[C@H](C)C4CCC4)c32)CC1. The Hall–Kier alpha value is -3.97. The number of aromatic nitrogens is 4. The Bertz CT molecular complexity index is 1430. The van der Waals surface area contributed by atoms with Crippen LogP contribution in [0.3, 0.4) is 0 Å². The van der Waals surface area contributed by atoms with Crippen molar-refractivity contribution >= 4 is 28.9 Å². The third kappa shape index (κ3) is 5.52. The van der Waals surface area contributed by atoms with Gasteiger partial charge in [-0.15, -0.1) is 12.3 Å². The molecule has 0 saturated heterocycles. The maximum atomic E-state index is 11.9. The summed E-state index contributed by atoms with van der Waals surface area (Å²) in [4.78, 5) is 25.3. The van der Waals surface area contributed by atoms with Crippen LogP contribution < -0.4 is 10.6 Å². The molecule has 1 amide bonds. The lowest BCUT2D eigenvalue weighted by Gasteiger charge is -2.33. The van der Waals surface area contributed by atoms with Crippen molar-refractivity contribution in [2.24, 2.45) is 17.8 Å². The Morgan fingerprint density at radius 3 is 2.48 bits per heavy atom. The van der Waals surface area contributed by atoms with E-state index >= 15 is 0 Å². The number of aliphatic hydroxyl groups is 1. The largest absolute Gasteiger partial charge is 0.465 e. The van der Waals surface area contributed by atoms with Crippen LogP contribution in [0.5, 0.6) is 0 Å². The molecule has 40 heavy (non-hydrogen) atoms. The molecule has 2 fully saturated rings. The van der Waals surface area contributed by atoms with Gasteiger partial charge >= 0.3 is 6.09 Å². The smallest absolute Gasteiger partial charge is 0.410 e. The van der Waals surface area contributed by atoms with E-state index in [4.69, 9.17) is 16.8 Å². The minimum atomic E-state index is -1.44. The first kappa shape index (κ1) is 27.6. The number of hydrogen-bond donors (Lipinski definition) is 5. The van der Waals surface area contributed by atoms with E-state index in [1.54, 1.807) is 6.92 Å². The molecular weight excluding hydrogens is 506 g/mol. The summed E-state index contributed by atoms with van der Waals surface area (Å²) in [6.07, 6.45) is 11.6. The number of carboxylic acid groups (broad SMARTS) is 1. The van der Waals surface area contributed by atoms with Gasteiger partial charge in [0.25, 0.3) is 0 Å². The lowest BCUT2D eigenvalue weighted by atomic mass is 9.80. The highest BCUT2D eigenvalue weighted by atomic mass is 16.4. The van der Waals surface area contributed by atoms with Gasteiger partial charge < -0.3 is 20.1 Å². The van der Waals surface area contributed by atoms with E-state index in [0.29, 0.717) is 52.7 Å². The number of fused-ring (bicyclic) bond motifs is 1. The molecule has 2 aliphatic carbocycles. The van der Waals surface area contributed by atoms with E-state index in [2.05, 4.69) is 28.1 Å². The van der Waals surface area contributed by atoms with Crippen molar-refractivity contribution in [1.29, 1.82) is 5.41 Å². The molecule has 5 N–H and O–H groups in total. The molecule has 210 valence electrons. The second-order valence-electron chi connectivity index (χ2n) is 11.4. The monoisotopic (exact) mass is 543 g/mol. The number of carbonyl (C=O) groups is 1. The molecule has 0 radical (unpaired) electrons. The van der Waals surface area contributed by atoms with Gasteiger partial charge in [-0.3, -0.25) is 10.7 Å². The zero-order valence-electron chi connectivity index (χ0n) is 23.0. The summed E-state index contributed by atoms with van der Waals surface area (Å²) in [5.41, 5.74) is 0.187. The van der Waals surface area contributed by atoms with Crippen molar-refractivity contribution in [3.8, 4) is 12.3 Å². The zero-order valence-corrected chi connectivity index (χ0v) is 23.0. The van der Waals surface area contributed by atoms with Crippen LogP contribution in [0, 0.1) is 35.5 Å². The molecule has 2 saturated carbocycles. The van der Waals surface area contributed by atoms with Crippen molar-refractivity contribution < 1.29 is 15.0 Å². The van der Waals surface area contributed by atoms with E-state index in [-0.39, 0.29) is 11.9 Å². The predicted octanol–water partition coefficient (Wildman–Crippen LogP) is 4.72. The molecular formula is C30H37N7O3. The van der Waals surface area contributed by atoms with Crippen molar-refractivity contribution in [2.75, 3.05) is 5.32 Å². The minimum absolute atomic E-state index is 0.0803. The van der Waals surface area contributed by atoms with Crippen LogP contribution >= 0.6 is 0 Å². The fraction of sp³-hybridized carbons (Fsp3) is 0.500. The molecule has 2 aliphatic rings. The molecule has 3 aromatic rings. The Kier molecular flexibility index (Phi) is 7.76. The van der Waals surface area contributed by atoms with Crippen LogP contribution in [0.4, 0.5) is 10.6 Å². The highest BCUT2D eigenvalue weighted by Gasteiger charge is 2.35. The van der Waals surface area contributed by atoms with Crippen molar-refractivity contribution in [1.82, 2.24) is 24.8 Å². The number of rotatable bonds is 8. The van der Waals surface area contributed by atoms with Crippen LogP contribution in [0.2, 0.25) is 0 Å². The third-order valence-corrected chi connectivity index (χ3v) is 8.57. The second-order valence-corrected chi connectivity index (χ2v) is 11.4. The zero-order chi connectivity index (χ0) is 28.4. The molecule has 10 nitrogen and oxygen atoms in total. The molecule has 1 unspecified atom stereocenters. The topological polar surface area (TPSA) is 149 Å². The van der Waals surface area contributed by atoms with E-state index in [1.807, 2.05) is 40.2 Å². The Morgan fingerprint density at radius 1 is 1.18 bits per heavy atom. The highest BCUT2D eigenvalue weighted by molar-refractivity contribution is 6.03. The van der Waals surface area contributed by atoms with Crippen molar-refractivity contribution in [3.63, 3.8) is 0 Å². The summed E-state index contributed by atoms with van der Waals surface area (Å²) in [7, 11) is 0. The van der Waals surface area contributed by atoms with Gasteiger partial charge in [0.05, 0.1) is 0 Å². The molecule has 1 aromatic carbocycles. The summed E-state index contributed by atoms with van der Waals surface area (Å²) < 4.78 is 2.02. The standard InChI is InChI=1S/C30H37N7O3/c1-4-19-13-15-20(16-14-19)17-37-23-25(32-18(2)21-9-8-10-21)34-27(24(31)33-29(38)39)35-26(23)36-28(37)30(3,40)22-11-6-5-7-12-22/h1,5-7,11-12,18-21,40H,8-10,13-17H2,2-3H3,(H2,31,33)(H,38,39)(H,32,34,35)/t18-,19?,20?,30?/m1/s1. The third-order valence-electron chi connectivity index (χ3n) is 8.57. The minimum Gasteiger partial charge on any atom is -0.465 e. The number of amidine groups is 1. The molecule has 10 heteroatoms. The number of nitrogens with one attached hydrogen (secondary N) is 3. The van der Waals surface area contributed by atoms with E-state index in [0.717, 1.165) is 38.5 Å². The summed E-state index contributed by atoms with van der Waals surface area (Å²) in [5, 5.41) is 35.0. The molecule has 5 rings (SSSR count). The Morgan fingerprint density at radius 2 is 1.88 bits per heavy atom. The van der Waals surface area contributed by atoms with Crippen LogP contribution in [0.1, 0.15) is 76.0 Å². The van der Waals surface area contributed by atoms with Gasteiger partial charge in [-0.1, -0.05) is 36.8 Å². The van der Waals surface area contributed by atoms with Gasteiger partial charge in [-0.05, 0) is 69.8 Å². The first-order valence-electron chi connectivity index (χ1n) is 14.1. The van der Waals surface area contributed by atoms with Crippen molar-refractivity contribution in [2.45, 2.75) is 77.0 Å². The summed E-state index contributed by atoms with van der Waals surface area (Å²) in [5.74, 6) is 4.40. The highest BCUT2D eigenvalue weighted by Crippen LogP contribution is 2.37. The molecule has 0 bridgehead atoms. The molecule has 2 aromatic heterocycles. The Labute approximate surface area is 234 Å². The number of nitrogens with zero attached hydrogens (tertiary/aromatic N) is 4. The molecule has 0 spiro atoms. The molecule has 2 heterocycles. The number of benzene rings is 1. The lowest BCUT2D eigenvalue weighted by molar-refractivity contribution is 0.0867. The van der Waals surface area contributed by atoms with Gasteiger partial charge in [-0.2, -0.15) is 0 Å². The fourth-order valence-electron chi connectivity index (χ4n) is 5.90. The summed E-state index contributed by atoms with van der Waals surface area (Å²) in [6.45, 7) is 4.44. The number of hydrogen-bond acceptors (Lipinski definition) is 7. The Balaban J connectivity index is 1.66. The van der Waals surface area contributed by atoms with Crippen LogP contribution in [0.15, 0.2) is 30.3 Å². The average Bonchev–Trinajstić information content (AvgIpc) is 3.27. The number of amides is 1. The van der Waals surface area contributed by atoms with Crippen LogP contribution in [-0.2, 0) is 12.1 Å². The van der Waals surface area contributed by atoms with Crippen molar-refractivity contribution in [3.05, 3.63) is 47.5 Å². The number of terminal acetylenes is 1. The van der Waals surface area contributed by atoms with Gasteiger partial charge in [0, 0.05) is 18.5 Å². The first-order chi connectivity index (χ1) is 19.2. The maximum Gasteiger partial charge on any atom is 0.410 e. The number of imidazole rings is 1. The second kappa shape index (κ2) is 11.3. The quantitative estimate of drug-likeness (QED) is 0.157. The van der Waals surface area contributed by atoms with Crippen LogP contribution in [-0.4, -0.2) is 47.7 Å². The van der Waals surface area contributed by atoms with E-state index in [9.17, 15) is 15.0 Å². The van der Waals surface area contributed by atoms with Gasteiger partial charge in [0.2, 0.25) is 0 Å². The summed E-state index contributed by atoms with van der Waals surface area (Å²) in [6, 6.07) is 9.49. The predicted molar refractivity (Wildman–Crippen MR) is 153 cm³/mol. The van der Waals surface area contributed by atoms with E-state index < -0.39 is 17.5 Å². The van der Waals surface area contributed by atoms with Gasteiger partial charge in [0.1, 0.15) is 16.9 Å². The molecule has 2 atom stereocenters. The van der Waals surface area contributed by atoms with Gasteiger partial charge in [-0.25, -0.2) is 19.7 Å². The first-order valence-corrected chi connectivity index (χ1v) is 14.1. The van der Waals surface area contributed by atoms with Gasteiger partial charge in [0.15, 0.2) is 23.1 Å². The van der Waals surface area contributed by atoms with E-state index in [1.165, 1.54) is 6.42 Å². The number of anilines is 1. The maximum absolute atomic E-state index is 11.9. The molecule has 0 aliphatic heterocycles. The van der Waals surface area contributed by atoms with Crippen LogP contribution in [0.25, 0.3) is 11.2 Å². The lowest BCUT2D eigenvalue weighted by Crippen LogP contribution is -2.33. The fourth-order valence-corrected chi connectivity index (χ4v) is 5.90.